The summed E-state index contributed by atoms with van der Waals surface area (Å²) in [5.74, 6) is 0.739. The van der Waals surface area contributed by atoms with E-state index in [2.05, 4.69) is 10.4 Å². The van der Waals surface area contributed by atoms with E-state index in [1.54, 1.807) is 29.1 Å². The standard InChI is InChI=1S/C18H18FN3O2/c1-13(12-22-10-2-9-21-22)18(23)20-11-16-7-8-17(24-16)14-3-5-15(19)6-4-14/h2-10,13H,11-12H2,1H3,(H,20,23)/t13-/m1/s1. The van der Waals surface area contributed by atoms with Gasteiger partial charge in [-0.2, -0.15) is 5.10 Å². The van der Waals surface area contributed by atoms with Crippen LogP contribution in [0, 0.1) is 11.7 Å². The normalized spacial score (nSPS) is 12.1. The molecule has 6 heteroatoms. The van der Waals surface area contributed by atoms with E-state index in [0.29, 0.717) is 24.6 Å². The number of hydrogen-bond acceptors (Lipinski definition) is 3. The third kappa shape index (κ3) is 3.90. The van der Waals surface area contributed by atoms with Crippen molar-refractivity contribution >= 4 is 5.91 Å². The summed E-state index contributed by atoms with van der Waals surface area (Å²) < 4.78 is 20.4. The molecule has 0 fully saturated rings. The maximum Gasteiger partial charge on any atom is 0.225 e. The number of carbonyl (C=O) groups excluding carboxylic acids is 1. The summed E-state index contributed by atoms with van der Waals surface area (Å²) in [6.45, 7) is 2.68. The van der Waals surface area contributed by atoms with Gasteiger partial charge >= 0.3 is 0 Å². The third-order valence-corrected chi connectivity index (χ3v) is 3.69. The first kappa shape index (κ1) is 16.0. The molecule has 1 aromatic carbocycles. The molecule has 3 rings (SSSR count). The van der Waals surface area contributed by atoms with E-state index < -0.39 is 0 Å². The first-order chi connectivity index (χ1) is 11.6. The summed E-state index contributed by atoms with van der Waals surface area (Å²) >= 11 is 0. The van der Waals surface area contributed by atoms with Crippen LogP contribution < -0.4 is 5.32 Å². The fourth-order valence-electron chi connectivity index (χ4n) is 2.36. The van der Waals surface area contributed by atoms with Crippen LogP contribution in [0.3, 0.4) is 0 Å². The maximum atomic E-state index is 12.9. The van der Waals surface area contributed by atoms with E-state index in [4.69, 9.17) is 4.42 Å². The van der Waals surface area contributed by atoms with Crippen molar-refractivity contribution in [2.24, 2.45) is 5.92 Å². The van der Waals surface area contributed by atoms with Gasteiger partial charge in [-0.1, -0.05) is 6.92 Å². The second-order valence-corrected chi connectivity index (χ2v) is 5.62. The molecule has 0 aliphatic heterocycles. The molecule has 124 valence electrons. The lowest BCUT2D eigenvalue weighted by atomic mass is 10.1. The first-order valence-electron chi connectivity index (χ1n) is 7.71. The predicted octanol–water partition coefficient (Wildman–Crippen LogP) is 3.23. The van der Waals surface area contributed by atoms with Crippen molar-refractivity contribution in [3.05, 3.63) is 66.4 Å². The number of carbonyl (C=O) groups is 1. The van der Waals surface area contributed by atoms with Gasteiger partial charge in [0.2, 0.25) is 5.91 Å². The molecule has 0 spiro atoms. The molecule has 0 saturated carbocycles. The number of furan rings is 1. The van der Waals surface area contributed by atoms with Crippen LogP contribution in [0.2, 0.25) is 0 Å². The Labute approximate surface area is 139 Å². The van der Waals surface area contributed by atoms with Crippen molar-refractivity contribution in [3.8, 4) is 11.3 Å². The van der Waals surface area contributed by atoms with Gasteiger partial charge in [0.25, 0.3) is 0 Å². The number of nitrogens with one attached hydrogen (secondary N) is 1. The molecule has 0 saturated heterocycles. The van der Waals surface area contributed by atoms with Crippen LogP contribution in [0.5, 0.6) is 0 Å². The van der Waals surface area contributed by atoms with Crippen molar-refractivity contribution in [1.29, 1.82) is 0 Å². The number of benzene rings is 1. The second-order valence-electron chi connectivity index (χ2n) is 5.62. The number of nitrogens with zero attached hydrogens (tertiary/aromatic N) is 2. The maximum absolute atomic E-state index is 12.9. The van der Waals surface area contributed by atoms with Gasteiger partial charge < -0.3 is 9.73 Å². The third-order valence-electron chi connectivity index (χ3n) is 3.69. The Balaban J connectivity index is 1.55. The molecule has 5 nitrogen and oxygen atoms in total. The Morgan fingerprint density at radius 2 is 2.08 bits per heavy atom. The number of hydrogen-bond donors (Lipinski definition) is 1. The Morgan fingerprint density at radius 3 is 2.79 bits per heavy atom. The van der Waals surface area contributed by atoms with E-state index in [1.807, 2.05) is 25.3 Å². The van der Waals surface area contributed by atoms with Gasteiger partial charge in [-0.3, -0.25) is 9.48 Å². The molecule has 1 N–H and O–H groups in total. The van der Waals surface area contributed by atoms with Gasteiger partial charge in [-0.05, 0) is 42.5 Å². The van der Waals surface area contributed by atoms with Crippen LogP contribution in [-0.2, 0) is 17.9 Å². The lowest BCUT2D eigenvalue weighted by molar-refractivity contribution is -0.125. The smallest absolute Gasteiger partial charge is 0.225 e. The Kier molecular flexibility index (Phi) is 4.74. The Bertz CT molecular complexity index is 794. The topological polar surface area (TPSA) is 60.1 Å². The van der Waals surface area contributed by atoms with Crippen LogP contribution in [0.4, 0.5) is 4.39 Å². The summed E-state index contributed by atoms with van der Waals surface area (Å²) in [5.41, 5.74) is 0.793. The lowest BCUT2D eigenvalue weighted by Gasteiger charge is -2.11. The number of amides is 1. The summed E-state index contributed by atoms with van der Waals surface area (Å²) in [4.78, 5) is 12.1. The van der Waals surface area contributed by atoms with Crippen LogP contribution in [-0.4, -0.2) is 15.7 Å². The highest BCUT2D eigenvalue weighted by Crippen LogP contribution is 2.22. The van der Waals surface area contributed by atoms with E-state index in [1.165, 1.54) is 12.1 Å². The van der Waals surface area contributed by atoms with Crippen LogP contribution in [0.1, 0.15) is 12.7 Å². The zero-order valence-electron chi connectivity index (χ0n) is 13.3. The van der Waals surface area contributed by atoms with Crippen molar-refractivity contribution in [2.75, 3.05) is 0 Å². The number of rotatable bonds is 6. The molecule has 1 amide bonds. The molecule has 0 bridgehead atoms. The molecule has 0 unspecified atom stereocenters. The molecule has 0 aliphatic rings. The average Bonchev–Trinajstić information content (AvgIpc) is 3.25. The van der Waals surface area contributed by atoms with Gasteiger partial charge in [-0.15, -0.1) is 0 Å². The molecular formula is C18H18FN3O2. The predicted molar refractivity (Wildman–Crippen MR) is 87.3 cm³/mol. The quantitative estimate of drug-likeness (QED) is 0.756. The fraction of sp³-hybridized carbons (Fsp3) is 0.222. The summed E-state index contributed by atoms with van der Waals surface area (Å²) in [5, 5.41) is 6.94. The SMILES string of the molecule is C[C@H](Cn1cccn1)C(=O)NCc1ccc(-c2ccc(F)cc2)o1. The number of aromatic nitrogens is 2. The molecule has 0 aliphatic carbocycles. The van der Waals surface area contributed by atoms with E-state index >= 15 is 0 Å². The molecular weight excluding hydrogens is 309 g/mol. The zero-order valence-corrected chi connectivity index (χ0v) is 13.3. The van der Waals surface area contributed by atoms with E-state index in [-0.39, 0.29) is 17.6 Å². The van der Waals surface area contributed by atoms with Crippen molar-refractivity contribution in [3.63, 3.8) is 0 Å². The van der Waals surface area contributed by atoms with Crippen molar-refractivity contribution in [1.82, 2.24) is 15.1 Å². The van der Waals surface area contributed by atoms with Gasteiger partial charge in [0.05, 0.1) is 19.0 Å². The largest absolute Gasteiger partial charge is 0.459 e. The van der Waals surface area contributed by atoms with Crippen molar-refractivity contribution < 1.29 is 13.6 Å². The zero-order chi connectivity index (χ0) is 16.9. The average molecular weight is 327 g/mol. The summed E-state index contributed by atoms with van der Waals surface area (Å²) in [6, 6.07) is 11.5. The molecule has 0 radical (unpaired) electrons. The van der Waals surface area contributed by atoms with Crippen LogP contribution >= 0.6 is 0 Å². The molecule has 1 atom stereocenters. The molecule has 24 heavy (non-hydrogen) atoms. The highest BCUT2D eigenvalue weighted by Gasteiger charge is 2.14. The summed E-state index contributed by atoms with van der Waals surface area (Å²) in [6.07, 6.45) is 3.51. The summed E-state index contributed by atoms with van der Waals surface area (Å²) in [7, 11) is 0. The molecule has 3 aromatic rings. The minimum atomic E-state index is -0.288. The van der Waals surface area contributed by atoms with Crippen LogP contribution in [0.25, 0.3) is 11.3 Å². The molecule has 2 heterocycles. The minimum absolute atomic E-state index is 0.0646. The molecule has 2 aromatic heterocycles. The van der Waals surface area contributed by atoms with E-state index in [0.717, 1.165) is 5.56 Å². The first-order valence-corrected chi connectivity index (χ1v) is 7.71. The minimum Gasteiger partial charge on any atom is -0.459 e. The highest BCUT2D eigenvalue weighted by atomic mass is 19.1. The highest BCUT2D eigenvalue weighted by molar-refractivity contribution is 5.78. The van der Waals surface area contributed by atoms with Crippen LogP contribution in [0.15, 0.2) is 59.3 Å². The second kappa shape index (κ2) is 7.12. The van der Waals surface area contributed by atoms with Crippen molar-refractivity contribution in [2.45, 2.75) is 20.0 Å². The van der Waals surface area contributed by atoms with Gasteiger partial charge in [0, 0.05) is 18.0 Å². The monoisotopic (exact) mass is 327 g/mol. The van der Waals surface area contributed by atoms with Gasteiger partial charge in [-0.25, -0.2) is 4.39 Å². The van der Waals surface area contributed by atoms with Gasteiger partial charge in [0.15, 0.2) is 0 Å². The van der Waals surface area contributed by atoms with E-state index in [9.17, 15) is 9.18 Å². The number of halogens is 1. The lowest BCUT2D eigenvalue weighted by Crippen LogP contribution is -2.31. The Morgan fingerprint density at radius 1 is 1.29 bits per heavy atom. The van der Waals surface area contributed by atoms with Gasteiger partial charge in [0.1, 0.15) is 17.3 Å². The fourth-order valence-corrected chi connectivity index (χ4v) is 2.36. The Hall–Kier alpha value is -2.89.